The molecule has 0 saturated carbocycles. The van der Waals surface area contributed by atoms with E-state index in [0.29, 0.717) is 11.3 Å². The van der Waals surface area contributed by atoms with E-state index < -0.39 is 11.6 Å². The van der Waals surface area contributed by atoms with Crippen molar-refractivity contribution in [1.29, 1.82) is 0 Å². The molecule has 20 heavy (non-hydrogen) atoms. The summed E-state index contributed by atoms with van der Waals surface area (Å²) in [5, 5.41) is 3.74. The SMILES string of the molecule is Nc1cccc(-c2noc(-c3cccc(F)c3F)n2)c1. The summed E-state index contributed by atoms with van der Waals surface area (Å²) >= 11 is 0. The van der Waals surface area contributed by atoms with Crippen LogP contribution in [0.4, 0.5) is 14.5 Å². The molecule has 0 aliphatic heterocycles. The Hall–Kier alpha value is -2.76. The molecule has 4 nitrogen and oxygen atoms in total. The molecule has 0 fully saturated rings. The minimum Gasteiger partial charge on any atom is -0.399 e. The van der Waals surface area contributed by atoms with Crippen LogP contribution in [-0.2, 0) is 0 Å². The van der Waals surface area contributed by atoms with Gasteiger partial charge in [-0.3, -0.25) is 0 Å². The standard InChI is InChI=1S/C14H9F2N3O/c15-11-6-2-5-10(12(11)16)14-18-13(19-20-14)8-3-1-4-9(17)7-8/h1-7H,17H2. The van der Waals surface area contributed by atoms with E-state index in [9.17, 15) is 8.78 Å². The molecule has 0 aliphatic rings. The molecule has 0 radical (unpaired) electrons. The van der Waals surface area contributed by atoms with E-state index in [1.165, 1.54) is 12.1 Å². The van der Waals surface area contributed by atoms with Gasteiger partial charge in [-0.05, 0) is 24.3 Å². The third kappa shape index (κ3) is 2.11. The van der Waals surface area contributed by atoms with Crippen LogP contribution in [-0.4, -0.2) is 10.1 Å². The fourth-order valence-electron chi connectivity index (χ4n) is 1.80. The summed E-state index contributed by atoms with van der Waals surface area (Å²) < 4.78 is 31.8. The van der Waals surface area contributed by atoms with Gasteiger partial charge in [-0.15, -0.1) is 0 Å². The van der Waals surface area contributed by atoms with E-state index in [1.54, 1.807) is 24.3 Å². The Balaban J connectivity index is 2.04. The second-order valence-electron chi connectivity index (χ2n) is 4.15. The van der Waals surface area contributed by atoms with E-state index in [1.807, 2.05) is 0 Å². The van der Waals surface area contributed by atoms with Crippen molar-refractivity contribution in [3.05, 3.63) is 54.1 Å². The molecular weight excluding hydrogens is 264 g/mol. The summed E-state index contributed by atoms with van der Waals surface area (Å²) in [5.41, 5.74) is 6.77. The molecule has 0 unspecified atom stereocenters. The third-order valence-electron chi connectivity index (χ3n) is 2.75. The lowest BCUT2D eigenvalue weighted by molar-refractivity contribution is 0.427. The number of rotatable bonds is 2. The number of benzene rings is 2. The first kappa shape index (κ1) is 12.3. The maximum atomic E-state index is 13.6. The first-order valence-corrected chi connectivity index (χ1v) is 5.79. The highest BCUT2D eigenvalue weighted by atomic mass is 19.2. The number of aromatic nitrogens is 2. The van der Waals surface area contributed by atoms with E-state index in [4.69, 9.17) is 10.3 Å². The summed E-state index contributed by atoms with van der Waals surface area (Å²) in [4.78, 5) is 4.05. The Morgan fingerprint density at radius 1 is 1.05 bits per heavy atom. The van der Waals surface area contributed by atoms with Gasteiger partial charge in [-0.25, -0.2) is 8.78 Å². The van der Waals surface area contributed by atoms with E-state index in [2.05, 4.69) is 10.1 Å². The number of nitrogens with two attached hydrogens (primary N) is 1. The first-order chi connectivity index (χ1) is 9.65. The molecule has 6 heteroatoms. The van der Waals surface area contributed by atoms with E-state index >= 15 is 0 Å². The van der Waals surface area contributed by atoms with Gasteiger partial charge in [-0.2, -0.15) is 4.98 Å². The number of anilines is 1. The van der Waals surface area contributed by atoms with Crippen molar-refractivity contribution in [3.63, 3.8) is 0 Å². The van der Waals surface area contributed by atoms with Crippen molar-refractivity contribution in [1.82, 2.24) is 10.1 Å². The zero-order chi connectivity index (χ0) is 14.1. The van der Waals surface area contributed by atoms with Gasteiger partial charge in [-0.1, -0.05) is 23.4 Å². The molecule has 0 saturated heterocycles. The summed E-state index contributed by atoms with van der Waals surface area (Å²) in [7, 11) is 0. The fourth-order valence-corrected chi connectivity index (χ4v) is 1.80. The highest BCUT2D eigenvalue weighted by molar-refractivity contribution is 5.63. The largest absolute Gasteiger partial charge is 0.399 e. The maximum Gasteiger partial charge on any atom is 0.261 e. The Morgan fingerprint density at radius 3 is 2.65 bits per heavy atom. The van der Waals surface area contributed by atoms with Crippen LogP contribution >= 0.6 is 0 Å². The van der Waals surface area contributed by atoms with Gasteiger partial charge in [0.25, 0.3) is 5.89 Å². The average Bonchev–Trinajstić information content (AvgIpc) is 2.91. The normalized spacial score (nSPS) is 10.7. The second kappa shape index (κ2) is 4.73. The van der Waals surface area contributed by atoms with Crippen LogP contribution in [0, 0.1) is 11.6 Å². The van der Waals surface area contributed by atoms with Crippen LogP contribution in [0.1, 0.15) is 0 Å². The molecule has 0 spiro atoms. The van der Waals surface area contributed by atoms with Crippen molar-refractivity contribution < 1.29 is 13.3 Å². The molecule has 0 atom stereocenters. The number of hydrogen-bond acceptors (Lipinski definition) is 4. The van der Waals surface area contributed by atoms with Crippen molar-refractivity contribution >= 4 is 5.69 Å². The quantitative estimate of drug-likeness (QED) is 0.728. The van der Waals surface area contributed by atoms with Gasteiger partial charge < -0.3 is 10.3 Å². The minimum absolute atomic E-state index is 0.0762. The lowest BCUT2D eigenvalue weighted by atomic mass is 10.2. The topological polar surface area (TPSA) is 64.9 Å². The van der Waals surface area contributed by atoms with Crippen molar-refractivity contribution in [2.45, 2.75) is 0 Å². The minimum atomic E-state index is -1.02. The molecule has 0 bridgehead atoms. The van der Waals surface area contributed by atoms with Gasteiger partial charge in [0.05, 0.1) is 5.56 Å². The zero-order valence-corrected chi connectivity index (χ0v) is 10.2. The predicted molar refractivity (Wildman–Crippen MR) is 69.5 cm³/mol. The summed E-state index contributed by atoms with van der Waals surface area (Å²) in [6.45, 7) is 0. The number of nitrogens with zero attached hydrogens (tertiary/aromatic N) is 2. The van der Waals surface area contributed by atoms with E-state index in [-0.39, 0.29) is 17.3 Å². The van der Waals surface area contributed by atoms with Gasteiger partial charge in [0.1, 0.15) is 0 Å². The number of halogens is 2. The van der Waals surface area contributed by atoms with Crippen LogP contribution in [0.25, 0.3) is 22.8 Å². The number of nitrogen functional groups attached to an aromatic ring is 1. The highest BCUT2D eigenvalue weighted by Crippen LogP contribution is 2.26. The second-order valence-corrected chi connectivity index (χ2v) is 4.15. The van der Waals surface area contributed by atoms with Gasteiger partial charge in [0.15, 0.2) is 11.6 Å². The molecule has 100 valence electrons. The average molecular weight is 273 g/mol. The fraction of sp³-hybridized carbons (Fsp3) is 0. The summed E-state index contributed by atoms with van der Waals surface area (Å²) in [6.07, 6.45) is 0. The van der Waals surface area contributed by atoms with Gasteiger partial charge in [0.2, 0.25) is 5.82 Å². The van der Waals surface area contributed by atoms with Crippen molar-refractivity contribution in [2.24, 2.45) is 0 Å². The molecule has 1 heterocycles. The van der Waals surface area contributed by atoms with Crippen molar-refractivity contribution in [2.75, 3.05) is 5.73 Å². The van der Waals surface area contributed by atoms with Gasteiger partial charge >= 0.3 is 0 Å². The molecular formula is C14H9F2N3O. The molecule has 1 aromatic heterocycles. The van der Waals surface area contributed by atoms with Crippen molar-refractivity contribution in [3.8, 4) is 22.8 Å². The third-order valence-corrected chi connectivity index (χ3v) is 2.75. The Kier molecular flexibility index (Phi) is 2.90. The van der Waals surface area contributed by atoms with E-state index in [0.717, 1.165) is 6.07 Å². The molecule has 0 aliphatic carbocycles. The molecule has 3 rings (SSSR count). The van der Waals surface area contributed by atoms with Crippen LogP contribution in [0.3, 0.4) is 0 Å². The van der Waals surface area contributed by atoms with Crippen LogP contribution < -0.4 is 5.73 Å². The summed E-state index contributed by atoms with van der Waals surface area (Å²) in [6, 6.07) is 10.6. The van der Waals surface area contributed by atoms with Gasteiger partial charge in [0, 0.05) is 11.3 Å². The first-order valence-electron chi connectivity index (χ1n) is 5.79. The molecule has 2 N–H and O–H groups in total. The zero-order valence-electron chi connectivity index (χ0n) is 10.2. The molecule has 3 aromatic rings. The Labute approximate surface area is 112 Å². The predicted octanol–water partition coefficient (Wildman–Crippen LogP) is 3.26. The highest BCUT2D eigenvalue weighted by Gasteiger charge is 2.16. The van der Waals surface area contributed by atoms with Crippen LogP contribution in [0.15, 0.2) is 47.0 Å². The van der Waals surface area contributed by atoms with Crippen LogP contribution in [0.5, 0.6) is 0 Å². The Morgan fingerprint density at radius 2 is 1.85 bits per heavy atom. The monoisotopic (exact) mass is 273 g/mol. The molecule has 0 amide bonds. The number of hydrogen-bond donors (Lipinski definition) is 1. The Bertz CT molecular complexity index is 771. The smallest absolute Gasteiger partial charge is 0.261 e. The summed E-state index contributed by atoms with van der Waals surface area (Å²) in [5.74, 6) is -1.81. The molecule has 2 aromatic carbocycles. The lowest BCUT2D eigenvalue weighted by Gasteiger charge is -1.97. The lowest BCUT2D eigenvalue weighted by Crippen LogP contribution is -1.89. The van der Waals surface area contributed by atoms with Crippen LogP contribution in [0.2, 0.25) is 0 Å². The maximum absolute atomic E-state index is 13.6.